The predicted molar refractivity (Wildman–Crippen MR) is 60.7 cm³/mol. The van der Waals surface area contributed by atoms with Crippen LogP contribution in [0.2, 0.25) is 0 Å². The van der Waals surface area contributed by atoms with E-state index in [-0.39, 0.29) is 30.6 Å². The molecule has 12 heavy (non-hydrogen) atoms. The lowest BCUT2D eigenvalue weighted by Gasteiger charge is -1.84. The zero-order valence-electron chi connectivity index (χ0n) is 7.10. The smallest absolute Gasteiger partial charge is 0.0555 e. The minimum absolute atomic E-state index is 0. The monoisotopic (exact) mass is 282 g/mol. The lowest BCUT2D eigenvalue weighted by Crippen LogP contribution is -2.10. The second kappa shape index (κ2) is 13.4. The summed E-state index contributed by atoms with van der Waals surface area (Å²) in [5, 5.41) is 10.8. The fourth-order valence-electron chi connectivity index (χ4n) is 0.424. The van der Waals surface area contributed by atoms with Crippen molar-refractivity contribution >= 4 is 24.0 Å². The number of aliphatic hydroxyl groups is 1. The lowest BCUT2D eigenvalue weighted by atomic mass is 10.5. The van der Waals surface area contributed by atoms with Crippen molar-refractivity contribution in [2.75, 3.05) is 20.2 Å². The first-order valence-electron chi connectivity index (χ1n) is 3.52. The molecule has 0 saturated heterocycles. The van der Waals surface area contributed by atoms with Crippen LogP contribution in [0, 0.1) is 0 Å². The van der Waals surface area contributed by atoms with Crippen molar-refractivity contribution in [3.63, 3.8) is 0 Å². The number of hydrogen-bond acceptors (Lipinski definition) is 3. The van der Waals surface area contributed by atoms with Crippen LogP contribution in [0.5, 0.6) is 0 Å². The number of likely N-dealkylation sites (N-methyl/N-ethyl adjacent to an activating group) is 1. The van der Waals surface area contributed by atoms with Gasteiger partial charge in [-0.15, -0.1) is 24.0 Å². The molecule has 0 fully saturated rings. The Hall–Kier alpha value is -0.200. The van der Waals surface area contributed by atoms with Gasteiger partial charge in [0.15, 0.2) is 0 Å². The molecule has 0 spiro atoms. The third kappa shape index (κ3) is 12.5. The molecule has 0 atom stereocenters. The van der Waals surface area contributed by atoms with Crippen molar-refractivity contribution in [1.82, 2.24) is 10.3 Å². The van der Waals surface area contributed by atoms with Crippen LogP contribution in [0.4, 0.5) is 0 Å². The van der Waals surface area contributed by atoms with Crippen molar-refractivity contribution in [2.45, 2.75) is 0 Å². The Labute approximate surface area is 90.2 Å². The Morgan fingerprint density at radius 2 is 1.83 bits per heavy atom. The molecule has 0 unspecified atom stereocenters. The normalized spacial score (nSPS) is 7.50. The van der Waals surface area contributed by atoms with Crippen LogP contribution in [0.3, 0.4) is 0 Å². The number of rotatable bonds is 2. The fourth-order valence-corrected chi connectivity index (χ4v) is 0.424. The summed E-state index contributed by atoms with van der Waals surface area (Å²) in [7, 11) is 1.80. The number of nitrogens with zero attached hydrogens (tertiary/aromatic N) is 1. The maximum absolute atomic E-state index is 8.00. The average molecular weight is 282 g/mol. The topological polar surface area (TPSA) is 45.1 Å². The second-order valence-electron chi connectivity index (χ2n) is 1.85. The number of aromatic nitrogens is 1. The average Bonchev–Trinajstić information content (AvgIpc) is 2.10. The molecular formula is C8H15IN2O. The Balaban J connectivity index is 0. The van der Waals surface area contributed by atoms with E-state index in [1.165, 1.54) is 0 Å². The van der Waals surface area contributed by atoms with E-state index in [9.17, 15) is 0 Å². The van der Waals surface area contributed by atoms with E-state index in [2.05, 4.69) is 10.3 Å². The van der Waals surface area contributed by atoms with Crippen LogP contribution in [-0.4, -0.2) is 30.3 Å². The highest BCUT2D eigenvalue weighted by Gasteiger charge is 1.65. The highest BCUT2D eigenvalue weighted by Crippen LogP contribution is 1.73. The van der Waals surface area contributed by atoms with E-state index in [1.54, 1.807) is 19.4 Å². The van der Waals surface area contributed by atoms with Crippen molar-refractivity contribution in [2.24, 2.45) is 0 Å². The van der Waals surface area contributed by atoms with Gasteiger partial charge in [0, 0.05) is 18.9 Å². The number of nitrogens with one attached hydrogen (secondary N) is 1. The SMILES string of the molecule is CNCCO.I.c1ccncc1. The van der Waals surface area contributed by atoms with Crippen molar-refractivity contribution in [3.05, 3.63) is 30.6 Å². The fraction of sp³-hybridized carbons (Fsp3) is 0.375. The number of aliphatic hydroxyl groups excluding tert-OH is 1. The van der Waals surface area contributed by atoms with Gasteiger partial charge in [0.2, 0.25) is 0 Å². The summed E-state index contributed by atoms with van der Waals surface area (Å²) in [5.74, 6) is 0. The highest BCUT2D eigenvalue weighted by molar-refractivity contribution is 14.0. The first kappa shape index (κ1) is 14.3. The summed E-state index contributed by atoms with van der Waals surface area (Å²) in [4.78, 5) is 3.78. The van der Waals surface area contributed by atoms with Gasteiger partial charge in [0.1, 0.15) is 0 Å². The number of halogens is 1. The molecular weight excluding hydrogens is 267 g/mol. The Morgan fingerprint density at radius 1 is 1.25 bits per heavy atom. The molecule has 0 aliphatic carbocycles. The van der Waals surface area contributed by atoms with Crippen LogP contribution < -0.4 is 5.32 Å². The standard InChI is InChI=1S/C5H5N.C3H9NO.HI/c1-2-4-6-5-3-1;1-4-2-3-5;/h1-5H;4-5H,2-3H2,1H3;1H. The van der Waals surface area contributed by atoms with Gasteiger partial charge in [0.25, 0.3) is 0 Å². The van der Waals surface area contributed by atoms with Gasteiger partial charge in [-0.1, -0.05) is 6.07 Å². The first-order chi connectivity index (χ1) is 5.41. The molecule has 0 aromatic carbocycles. The van der Waals surface area contributed by atoms with E-state index < -0.39 is 0 Å². The molecule has 0 aliphatic rings. The summed E-state index contributed by atoms with van der Waals surface area (Å²) in [5.41, 5.74) is 0. The van der Waals surface area contributed by atoms with Gasteiger partial charge in [0.05, 0.1) is 6.61 Å². The van der Waals surface area contributed by atoms with Crippen LogP contribution in [-0.2, 0) is 0 Å². The minimum Gasteiger partial charge on any atom is -0.395 e. The molecule has 0 saturated carbocycles. The Morgan fingerprint density at radius 3 is 1.92 bits per heavy atom. The molecule has 0 aliphatic heterocycles. The van der Waals surface area contributed by atoms with Gasteiger partial charge in [-0.25, -0.2) is 0 Å². The maximum atomic E-state index is 8.00. The second-order valence-corrected chi connectivity index (χ2v) is 1.85. The maximum Gasteiger partial charge on any atom is 0.0555 e. The summed E-state index contributed by atoms with van der Waals surface area (Å²) in [6, 6.07) is 5.72. The molecule has 0 bridgehead atoms. The van der Waals surface area contributed by atoms with Crippen molar-refractivity contribution in [3.8, 4) is 0 Å². The zero-order chi connectivity index (χ0) is 8.36. The zero-order valence-corrected chi connectivity index (χ0v) is 9.43. The molecule has 70 valence electrons. The molecule has 4 heteroatoms. The van der Waals surface area contributed by atoms with Crippen LogP contribution >= 0.6 is 24.0 Å². The Kier molecular flexibility index (Phi) is 16.0. The predicted octanol–water partition coefficient (Wildman–Crippen LogP) is 0.898. The van der Waals surface area contributed by atoms with Crippen molar-refractivity contribution in [1.29, 1.82) is 0 Å². The first-order valence-corrected chi connectivity index (χ1v) is 3.52. The van der Waals surface area contributed by atoms with E-state index in [1.807, 2.05) is 18.2 Å². The quantitative estimate of drug-likeness (QED) is 0.792. The summed E-state index contributed by atoms with van der Waals surface area (Å²) in [6.07, 6.45) is 3.50. The molecule has 1 aromatic rings. The lowest BCUT2D eigenvalue weighted by molar-refractivity contribution is 0.296. The number of hydrogen-bond donors (Lipinski definition) is 2. The molecule has 2 N–H and O–H groups in total. The van der Waals surface area contributed by atoms with E-state index in [0.717, 1.165) is 0 Å². The highest BCUT2D eigenvalue weighted by atomic mass is 127. The van der Waals surface area contributed by atoms with Gasteiger partial charge in [-0.2, -0.15) is 0 Å². The molecule has 1 aromatic heterocycles. The molecule has 1 rings (SSSR count). The summed E-state index contributed by atoms with van der Waals surface area (Å²) in [6.45, 7) is 0.927. The molecule has 3 nitrogen and oxygen atoms in total. The molecule has 0 radical (unpaired) electrons. The van der Waals surface area contributed by atoms with Gasteiger partial charge in [-0.05, 0) is 19.2 Å². The van der Waals surface area contributed by atoms with E-state index >= 15 is 0 Å². The largest absolute Gasteiger partial charge is 0.395 e. The van der Waals surface area contributed by atoms with Crippen molar-refractivity contribution < 1.29 is 5.11 Å². The van der Waals surface area contributed by atoms with Gasteiger partial charge >= 0.3 is 0 Å². The summed E-state index contributed by atoms with van der Waals surface area (Å²) < 4.78 is 0. The van der Waals surface area contributed by atoms with Crippen LogP contribution in [0.25, 0.3) is 0 Å². The van der Waals surface area contributed by atoms with Crippen LogP contribution in [0.15, 0.2) is 30.6 Å². The number of pyridine rings is 1. The molecule has 0 amide bonds. The van der Waals surface area contributed by atoms with Gasteiger partial charge in [-0.3, -0.25) is 4.98 Å². The Bertz CT molecular complexity index is 120. The van der Waals surface area contributed by atoms with Gasteiger partial charge < -0.3 is 10.4 Å². The van der Waals surface area contributed by atoms with E-state index in [4.69, 9.17) is 5.11 Å². The summed E-state index contributed by atoms with van der Waals surface area (Å²) >= 11 is 0. The third-order valence-corrected chi connectivity index (χ3v) is 0.928. The minimum atomic E-state index is 0. The molecule has 1 heterocycles. The third-order valence-electron chi connectivity index (χ3n) is 0.928. The van der Waals surface area contributed by atoms with E-state index in [0.29, 0.717) is 6.54 Å². The van der Waals surface area contributed by atoms with Crippen LogP contribution in [0.1, 0.15) is 0 Å².